The molecule has 0 spiro atoms. The normalized spacial score (nSPS) is 37.0. The van der Waals surface area contributed by atoms with Crippen LogP contribution in [0.1, 0.15) is 87.5 Å². The van der Waals surface area contributed by atoms with Crippen LogP contribution >= 0.6 is 0 Å². The molecule has 3 aliphatic rings. The Bertz CT molecular complexity index is 1710. The first-order chi connectivity index (χ1) is 27.0. The Morgan fingerprint density at radius 2 is 1.75 bits per heavy atom. The van der Waals surface area contributed by atoms with Crippen molar-refractivity contribution in [3.63, 3.8) is 0 Å². The van der Waals surface area contributed by atoms with Crippen LogP contribution in [0.5, 0.6) is 0 Å². The fraction of sp³-hybridized carbons (Fsp3) is 0.714. The number of Topliss-reactive ketones (excluding diaryl/α,β-unsaturated/α-hetero) is 2. The molecule has 3 saturated heterocycles. The molecule has 57 heavy (non-hydrogen) atoms. The lowest BCUT2D eigenvalue weighted by molar-refractivity contribution is -0.290. The summed E-state index contributed by atoms with van der Waals surface area (Å²) in [6.45, 7) is 14.9. The van der Waals surface area contributed by atoms with Crippen LogP contribution in [0.15, 0.2) is 37.1 Å². The van der Waals surface area contributed by atoms with Crippen molar-refractivity contribution in [1.82, 2.24) is 24.8 Å². The summed E-state index contributed by atoms with van der Waals surface area (Å²) in [5.41, 5.74) is -0.936. The predicted molar refractivity (Wildman–Crippen MR) is 210 cm³/mol. The van der Waals surface area contributed by atoms with Gasteiger partial charge in [0.1, 0.15) is 23.9 Å². The Morgan fingerprint density at radius 3 is 2.40 bits per heavy atom. The Kier molecular flexibility index (Phi) is 14.3. The maximum atomic E-state index is 14.7. The van der Waals surface area contributed by atoms with Crippen LogP contribution in [0.25, 0.3) is 11.3 Å². The number of aliphatic hydroxyl groups excluding tert-OH is 1. The maximum absolute atomic E-state index is 14.7. The summed E-state index contributed by atoms with van der Waals surface area (Å²) >= 11 is 0. The van der Waals surface area contributed by atoms with Gasteiger partial charge < -0.3 is 43.6 Å². The summed E-state index contributed by atoms with van der Waals surface area (Å²) in [4.78, 5) is 67.0. The molecule has 5 heterocycles. The molecule has 4 unspecified atom stereocenters. The van der Waals surface area contributed by atoms with E-state index in [1.165, 1.54) is 14.0 Å². The first-order valence-corrected chi connectivity index (χ1v) is 20.4. The van der Waals surface area contributed by atoms with Crippen LogP contribution in [0.2, 0.25) is 0 Å². The number of hydrogen-bond acceptors (Lipinski definition) is 13. The summed E-state index contributed by atoms with van der Waals surface area (Å²) in [5.74, 6) is -4.96. The van der Waals surface area contributed by atoms with Gasteiger partial charge in [-0.2, -0.15) is 0 Å². The Hall–Kier alpha value is -3.76. The molecule has 15 heteroatoms. The van der Waals surface area contributed by atoms with E-state index in [1.807, 2.05) is 36.7 Å². The molecular weight excluding hydrogens is 734 g/mol. The second kappa shape index (κ2) is 18.4. The first-order valence-electron chi connectivity index (χ1n) is 20.4. The third-order valence-corrected chi connectivity index (χ3v) is 12.6. The van der Waals surface area contributed by atoms with Gasteiger partial charge in [-0.05, 0) is 79.0 Å². The lowest BCUT2D eigenvalue weighted by Crippen LogP contribution is -2.60. The number of aryl methyl sites for hydroxylation is 1. The van der Waals surface area contributed by atoms with E-state index >= 15 is 0 Å². The first kappa shape index (κ1) is 44.3. The Labute approximate surface area is 336 Å². The third-order valence-electron chi connectivity index (χ3n) is 12.6. The van der Waals surface area contributed by atoms with Crippen molar-refractivity contribution in [2.75, 3.05) is 20.7 Å². The van der Waals surface area contributed by atoms with Gasteiger partial charge in [-0.1, -0.05) is 27.7 Å². The van der Waals surface area contributed by atoms with Crippen LogP contribution in [0.4, 0.5) is 4.79 Å². The van der Waals surface area contributed by atoms with Crippen LogP contribution < -0.4 is 5.32 Å². The number of methoxy groups -OCH3 is 1. The Balaban J connectivity index is 1.43. The standard InChI is InChI=1S/C42H63N5O10/c1-11-32-42(8)36(47(40(52)57-42)18-13-12-17-46-22-31(45-23-46)29-15-14-16-44-21-29)26(4)33(48)24(2)20-41(7,53-10)37(27(5)34(49)28(6)38(51)55-32)56-39-35(50)30(43-9)19-25(3)54-39/h14-16,21-28,30,32,35-37,39,43,50H,11-13,17-20H2,1-10H3/t24-,25?,26+,27+,28-,30?,32-,35?,36-,37-,39?,41-,42-/m1/s1. The molecule has 1 amide bonds. The number of imidazole rings is 1. The van der Waals surface area contributed by atoms with Gasteiger partial charge in [-0.15, -0.1) is 0 Å². The summed E-state index contributed by atoms with van der Waals surface area (Å²) < 4.78 is 33.0. The lowest BCUT2D eigenvalue weighted by atomic mass is 9.73. The number of carbonyl (C=O) groups excluding carboxylic acids is 4. The number of pyridine rings is 1. The maximum Gasteiger partial charge on any atom is 0.410 e. The number of nitrogens with zero attached hydrogens (tertiary/aromatic N) is 4. The SMILES string of the molecule is CC[C@H]1OC(=O)[C@H](C)C(=O)[C@H](C)[C@@H](OC2OC(C)CC(NC)C2O)[C@](C)(OC)C[C@@H](C)C(=O)[C@H](C)[C@H]2N(CCCCn3cnc(-c4cccnc4)c3)C(=O)O[C@]12C. The minimum Gasteiger partial charge on any atom is -0.458 e. The van der Waals surface area contributed by atoms with E-state index in [0.29, 0.717) is 32.4 Å². The molecule has 0 aromatic carbocycles. The number of hydrogen-bond donors (Lipinski definition) is 2. The van der Waals surface area contributed by atoms with E-state index in [2.05, 4.69) is 15.3 Å². The zero-order valence-corrected chi connectivity index (χ0v) is 35.2. The van der Waals surface area contributed by atoms with Gasteiger partial charge in [0.15, 0.2) is 17.7 Å². The highest BCUT2D eigenvalue weighted by Gasteiger charge is 2.60. The minimum absolute atomic E-state index is 0.128. The second-order valence-electron chi connectivity index (χ2n) is 16.7. The van der Waals surface area contributed by atoms with Crippen molar-refractivity contribution >= 4 is 23.6 Å². The van der Waals surface area contributed by atoms with Gasteiger partial charge in [0.05, 0.1) is 35.9 Å². The number of aliphatic hydroxyl groups is 1. The number of rotatable bonds is 11. The third kappa shape index (κ3) is 9.27. The molecule has 15 nitrogen and oxygen atoms in total. The summed E-state index contributed by atoms with van der Waals surface area (Å²) in [7, 11) is 3.24. The summed E-state index contributed by atoms with van der Waals surface area (Å²) in [6.07, 6.45) is 4.40. The zero-order valence-electron chi connectivity index (χ0n) is 35.2. The van der Waals surface area contributed by atoms with Gasteiger partial charge in [0.25, 0.3) is 0 Å². The number of nitrogens with one attached hydrogen (secondary N) is 1. The number of ketones is 2. The van der Waals surface area contributed by atoms with Gasteiger partial charge in [0, 0.05) is 68.1 Å². The van der Waals surface area contributed by atoms with E-state index in [4.69, 9.17) is 23.7 Å². The quantitative estimate of drug-likeness (QED) is 0.183. The highest BCUT2D eigenvalue weighted by molar-refractivity contribution is 6.00. The minimum atomic E-state index is -1.40. The summed E-state index contributed by atoms with van der Waals surface area (Å²) in [5, 5.41) is 14.4. The molecule has 0 saturated carbocycles. The van der Waals surface area contributed by atoms with Crippen LogP contribution in [0.3, 0.4) is 0 Å². The molecule has 3 fully saturated rings. The highest BCUT2D eigenvalue weighted by atomic mass is 16.7. The van der Waals surface area contributed by atoms with Crippen molar-refractivity contribution in [3.05, 3.63) is 37.1 Å². The van der Waals surface area contributed by atoms with Gasteiger partial charge in [-0.25, -0.2) is 9.78 Å². The summed E-state index contributed by atoms with van der Waals surface area (Å²) in [6, 6.07) is 2.69. The topological polar surface area (TPSA) is 181 Å². The fourth-order valence-electron chi connectivity index (χ4n) is 9.23. The lowest BCUT2D eigenvalue weighted by Gasteiger charge is -2.46. The molecule has 5 rings (SSSR count). The van der Waals surface area contributed by atoms with E-state index in [-0.39, 0.29) is 30.8 Å². The number of amides is 1. The number of fused-ring (bicyclic) bond motifs is 1. The van der Waals surface area contributed by atoms with E-state index < -0.39 is 83.4 Å². The van der Waals surface area contributed by atoms with Crippen molar-refractivity contribution in [2.24, 2.45) is 23.7 Å². The Morgan fingerprint density at radius 1 is 1.04 bits per heavy atom. The van der Waals surface area contributed by atoms with E-state index in [9.17, 15) is 24.3 Å². The molecule has 3 aliphatic heterocycles. The zero-order chi connectivity index (χ0) is 41.8. The van der Waals surface area contributed by atoms with Crippen molar-refractivity contribution in [3.8, 4) is 11.3 Å². The molecule has 0 radical (unpaired) electrons. The number of ether oxygens (including phenoxy) is 5. The van der Waals surface area contributed by atoms with E-state index in [0.717, 1.165) is 11.3 Å². The molecule has 0 bridgehead atoms. The molecule has 2 aromatic rings. The molecule has 2 N–H and O–H groups in total. The van der Waals surface area contributed by atoms with Crippen LogP contribution in [0, 0.1) is 23.7 Å². The molecule has 2 aromatic heterocycles. The predicted octanol–water partition coefficient (Wildman–Crippen LogP) is 4.59. The van der Waals surface area contributed by atoms with Crippen LogP contribution in [-0.4, -0.2) is 123 Å². The average molecular weight is 798 g/mol. The van der Waals surface area contributed by atoms with Crippen LogP contribution in [-0.2, 0) is 44.6 Å². The van der Waals surface area contributed by atoms with Gasteiger partial charge >= 0.3 is 12.1 Å². The average Bonchev–Trinajstić information content (AvgIpc) is 3.78. The smallest absolute Gasteiger partial charge is 0.410 e. The van der Waals surface area contributed by atoms with E-state index in [1.54, 1.807) is 65.3 Å². The number of carbonyl (C=O) groups is 4. The number of unbranched alkanes of at least 4 members (excludes halogenated alkanes) is 1. The number of cyclic esters (lactones) is 1. The number of likely N-dealkylation sites (N-methyl/N-ethyl adjacent to an activating group) is 1. The van der Waals surface area contributed by atoms with Crippen molar-refractivity contribution in [1.29, 1.82) is 0 Å². The van der Waals surface area contributed by atoms with Crippen molar-refractivity contribution in [2.45, 2.75) is 148 Å². The monoisotopic (exact) mass is 797 g/mol. The molecule has 316 valence electrons. The van der Waals surface area contributed by atoms with Gasteiger partial charge in [-0.3, -0.25) is 19.4 Å². The van der Waals surface area contributed by atoms with Gasteiger partial charge in [0.2, 0.25) is 0 Å². The molecule has 13 atom stereocenters. The van der Waals surface area contributed by atoms with Crippen molar-refractivity contribution < 1.29 is 48.0 Å². The number of aromatic nitrogens is 3. The molecular formula is C42H63N5O10. The number of esters is 1. The largest absolute Gasteiger partial charge is 0.458 e. The molecule has 0 aliphatic carbocycles. The fourth-order valence-corrected chi connectivity index (χ4v) is 9.23. The highest BCUT2D eigenvalue weighted by Crippen LogP contribution is 2.43. The second-order valence-corrected chi connectivity index (χ2v) is 16.7.